The van der Waals surface area contributed by atoms with Crippen molar-refractivity contribution in [2.75, 3.05) is 35.5 Å². The highest BCUT2D eigenvalue weighted by molar-refractivity contribution is 6.48. The van der Waals surface area contributed by atoms with Gasteiger partial charge in [-0.3, -0.25) is 19.2 Å². The van der Waals surface area contributed by atoms with Crippen molar-refractivity contribution in [3.63, 3.8) is 0 Å². The third-order valence-electron chi connectivity index (χ3n) is 18.1. The maximum atomic E-state index is 14.1. The highest BCUT2D eigenvalue weighted by Gasteiger charge is 2.56. The summed E-state index contributed by atoms with van der Waals surface area (Å²) in [5, 5.41) is 12.6. The van der Waals surface area contributed by atoms with E-state index in [1.54, 1.807) is 35.5 Å². The van der Waals surface area contributed by atoms with E-state index in [9.17, 15) is 19.2 Å². The number of ether oxygens (including phenoxy) is 5. The Morgan fingerprint density at radius 1 is 0.488 bits per heavy atom. The number of rotatable bonds is 23. The first-order chi connectivity index (χ1) is 40.6. The van der Waals surface area contributed by atoms with Crippen molar-refractivity contribution in [1.29, 1.82) is 0 Å². The van der Waals surface area contributed by atoms with E-state index in [1.165, 1.54) is 5.56 Å². The minimum atomic E-state index is -0.810. The standard InChI is InChI=1S/C35H51BN2O8.C32H45BN2O5/c1-21(2)18-27(36-45-34(3,4)35(5,6)46-36)38-33(40)26(19-22-14-12-11-13-15-22)37-32(39)23-16-17-24-25(20-23)29(42-8)31(44-10)30(43-9)28(24)41-7;1-21(2)17-28(33-39-31(3,4)32(5,6)40-33)35-30(37)27(18-22-11-9-8-10-12-22)34-29(36)25-14-13-24-20-26(38-7)16-15-23(24)19-25/h11-15,21,23,26-27H,16-20H2,1-10H3,(H,37,39)(H,38,40);8-12,15-16,20-21,25,27-28H,13-14,17-19H2,1-7H3,(H,34,36)(H,35,37)/t23?,26-,27-;25?,27-,28-/m00/s1. The van der Waals surface area contributed by atoms with E-state index in [1.807, 2.05) is 128 Å². The molecule has 2 aliphatic heterocycles. The molecule has 2 fully saturated rings. The summed E-state index contributed by atoms with van der Waals surface area (Å²) in [7, 11) is 6.74. The van der Waals surface area contributed by atoms with E-state index in [4.69, 9.17) is 42.3 Å². The van der Waals surface area contributed by atoms with E-state index < -0.39 is 60.6 Å². The normalized spacial score (nSPS) is 20.2. The van der Waals surface area contributed by atoms with Crippen LogP contribution >= 0.6 is 0 Å². The molecule has 2 unspecified atom stereocenters. The van der Waals surface area contributed by atoms with Crippen LogP contribution in [0.5, 0.6) is 28.7 Å². The summed E-state index contributed by atoms with van der Waals surface area (Å²) in [5.74, 6) is 1.27. The summed E-state index contributed by atoms with van der Waals surface area (Å²) in [6, 6.07) is 24.0. The second-order valence-electron chi connectivity index (χ2n) is 26.3. The number of benzene rings is 4. The van der Waals surface area contributed by atoms with Gasteiger partial charge >= 0.3 is 14.2 Å². The lowest BCUT2D eigenvalue weighted by Gasteiger charge is -2.32. The average Bonchev–Trinajstić information content (AvgIpc) is 1.25. The number of hydrogen-bond acceptors (Lipinski definition) is 13. The van der Waals surface area contributed by atoms with Crippen LogP contribution in [-0.2, 0) is 76.3 Å². The van der Waals surface area contributed by atoms with Crippen molar-refractivity contribution >= 4 is 37.9 Å². The van der Waals surface area contributed by atoms with Gasteiger partial charge in [0.15, 0.2) is 11.5 Å². The van der Waals surface area contributed by atoms with Crippen LogP contribution in [0, 0.1) is 23.7 Å². The summed E-state index contributed by atoms with van der Waals surface area (Å²) >= 11 is 0. The van der Waals surface area contributed by atoms with E-state index in [0.29, 0.717) is 80.3 Å². The number of amides is 4. The minimum Gasteiger partial charge on any atom is -0.497 e. The third kappa shape index (κ3) is 16.1. The zero-order valence-corrected chi connectivity index (χ0v) is 54.2. The topological polar surface area (TPSA) is 199 Å². The van der Waals surface area contributed by atoms with Crippen LogP contribution in [0.4, 0.5) is 0 Å². The lowest BCUT2D eigenvalue weighted by molar-refractivity contribution is -0.131. The van der Waals surface area contributed by atoms with Crippen LogP contribution in [0.2, 0.25) is 0 Å². The second-order valence-corrected chi connectivity index (χ2v) is 26.3. The quantitative estimate of drug-likeness (QED) is 0.0513. The first-order valence-corrected chi connectivity index (χ1v) is 30.7. The van der Waals surface area contributed by atoms with Gasteiger partial charge in [0, 0.05) is 35.8 Å². The Balaban J connectivity index is 0.000000248. The van der Waals surface area contributed by atoms with Crippen LogP contribution in [0.1, 0.15) is 142 Å². The number of fused-ring (bicyclic) bond motifs is 2. The smallest absolute Gasteiger partial charge is 0.481 e. The van der Waals surface area contributed by atoms with Crippen molar-refractivity contribution in [2.24, 2.45) is 23.7 Å². The number of methoxy groups -OCH3 is 5. The van der Waals surface area contributed by atoms with Crippen molar-refractivity contribution in [3.05, 3.63) is 112 Å². The molecule has 4 N–H and O–H groups in total. The van der Waals surface area contributed by atoms with Gasteiger partial charge in [0.05, 0.1) is 69.8 Å². The molecule has 8 rings (SSSR count). The van der Waals surface area contributed by atoms with Crippen LogP contribution < -0.4 is 45.0 Å². The van der Waals surface area contributed by atoms with E-state index in [2.05, 4.69) is 55.0 Å². The van der Waals surface area contributed by atoms with Gasteiger partial charge in [-0.25, -0.2) is 0 Å². The monoisotopic (exact) mass is 1190 g/mol. The Morgan fingerprint density at radius 3 is 1.28 bits per heavy atom. The van der Waals surface area contributed by atoms with Crippen LogP contribution in [-0.4, -0.2) is 120 Å². The highest BCUT2D eigenvalue weighted by Crippen LogP contribution is 2.52. The number of carbonyl (C=O) groups excluding carboxylic acids is 4. The number of nitrogens with one attached hydrogen (secondary N) is 4. The summed E-state index contributed by atoms with van der Waals surface area (Å²) in [6.45, 7) is 24.5. The molecule has 17 nitrogen and oxygen atoms in total. The van der Waals surface area contributed by atoms with Gasteiger partial charge in [-0.1, -0.05) is 94.4 Å². The van der Waals surface area contributed by atoms with Crippen molar-refractivity contribution in [3.8, 4) is 28.7 Å². The number of aryl methyl sites for hydroxylation is 1. The Morgan fingerprint density at radius 2 is 0.884 bits per heavy atom. The molecule has 0 radical (unpaired) electrons. The molecule has 4 aliphatic rings. The van der Waals surface area contributed by atoms with Crippen molar-refractivity contribution in [1.82, 2.24) is 21.3 Å². The molecule has 0 saturated carbocycles. The molecule has 4 aromatic rings. The summed E-state index contributed by atoms with van der Waals surface area (Å²) in [5.41, 5.74) is 3.99. The van der Waals surface area contributed by atoms with Gasteiger partial charge in [0.25, 0.3) is 0 Å². The fourth-order valence-corrected chi connectivity index (χ4v) is 11.9. The fourth-order valence-electron chi connectivity index (χ4n) is 11.9. The van der Waals surface area contributed by atoms with E-state index >= 15 is 0 Å². The van der Waals surface area contributed by atoms with E-state index in [0.717, 1.165) is 46.4 Å². The zero-order valence-electron chi connectivity index (χ0n) is 54.2. The molecule has 2 aliphatic carbocycles. The molecule has 86 heavy (non-hydrogen) atoms. The Kier molecular flexibility index (Phi) is 22.4. The predicted molar refractivity (Wildman–Crippen MR) is 336 cm³/mol. The predicted octanol–water partition coefficient (Wildman–Crippen LogP) is 9.41. The lowest BCUT2D eigenvalue weighted by atomic mass is 9.73. The first kappa shape index (κ1) is 67.2. The summed E-state index contributed by atoms with van der Waals surface area (Å²) in [4.78, 5) is 55.5. The first-order valence-electron chi connectivity index (χ1n) is 30.7. The highest BCUT2D eigenvalue weighted by atomic mass is 16.7. The minimum absolute atomic E-state index is 0.0893. The van der Waals surface area contributed by atoms with E-state index in [-0.39, 0.29) is 41.4 Å². The SMILES string of the molecule is COc1c2c(c(OC)c(OC)c1OC)CC(C(=O)N[C@@H](Cc1ccccc1)C(=O)N[C@@H](CC(C)C)B1OC(C)(C)C(C)(C)O1)CC2.COc1ccc2c(c1)CCC(C(=O)N[C@@H](Cc1ccccc1)C(=O)N[C@@H](CC(C)C)B1OC(C)(C)C(C)(C)O1)C2. The largest absolute Gasteiger partial charge is 0.497 e. The zero-order chi connectivity index (χ0) is 62.9. The van der Waals surface area contributed by atoms with Crippen molar-refractivity contribution < 1.29 is 61.5 Å². The molecule has 19 heteroatoms. The fraction of sp³-hybridized carbons (Fsp3) is 0.582. The van der Waals surface area contributed by atoms with Gasteiger partial charge in [0.1, 0.15) is 17.8 Å². The second kappa shape index (κ2) is 28.7. The maximum absolute atomic E-state index is 14.1. The molecule has 0 bridgehead atoms. The molecular formula is C67H96B2N4O13. The average molecular weight is 1190 g/mol. The van der Waals surface area contributed by atoms with Gasteiger partial charge < -0.3 is 63.6 Å². The molecule has 0 spiro atoms. The molecule has 6 atom stereocenters. The molecule has 2 saturated heterocycles. The molecule has 4 amide bonds. The Labute approximate surface area is 512 Å². The molecule has 2 heterocycles. The van der Waals surface area contributed by atoms with Crippen LogP contribution in [0.3, 0.4) is 0 Å². The molecular weight excluding hydrogens is 1090 g/mol. The summed E-state index contributed by atoms with van der Waals surface area (Å²) < 4.78 is 53.5. The third-order valence-corrected chi connectivity index (χ3v) is 18.1. The Hall–Kier alpha value is -6.27. The van der Waals surface area contributed by atoms with Crippen molar-refractivity contribution in [2.45, 2.75) is 194 Å². The molecule has 0 aromatic heterocycles. The molecule has 468 valence electrons. The lowest BCUT2D eigenvalue weighted by Crippen LogP contribution is -2.56. The Bertz CT molecular complexity index is 2900. The van der Waals surface area contributed by atoms with Gasteiger partial charge in [-0.05, 0) is 153 Å². The number of carbonyl (C=O) groups is 4. The van der Waals surface area contributed by atoms with Gasteiger partial charge in [0.2, 0.25) is 35.1 Å². The molecule has 4 aromatic carbocycles. The maximum Gasteiger partial charge on any atom is 0.481 e. The summed E-state index contributed by atoms with van der Waals surface area (Å²) in [6.07, 6.45) is 5.79. The van der Waals surface area contributed by atoms with Gasteiger partial charge in [-0.2, -0.15) is 0 Å². The van der Waals surface area contributed by atoms with Crippen LogP contribution in [0.25, 0.3) is 0 Å². The number of hydrogen-bond donors (Lipinski definition) is 4. The van der Waals surface area contributed by atoms with Gasteiger partial charge in [-0.15, -0.1) is 0 Å². The van der Waals surface area contributed by atoms with Crippen LogP contribution in [0.15, 0.2) is 78.9 Å².